The molecule has 2 aromatic carbocycles. The number of nitrogens with zero attached hydrogens (tertiary/aromatic N) is 2. The van der Waals surface area contributed by atoms with Gasteiger partial charge >= 0.3 is 0 Å². The fourth-order valence-electron chi connectivity index (χ4n) is 2.42. The zero-order valence-corrected chi connectivity index (χ0v) is 13.7. The van der Waals surface area contributed by atoms with E-state index in [2.05, 4.69) is 20.9 Å². The Kier molecular flexibility index (Phi) is 4.00. The second kappa shape index (κ2) is 5.78. The molecule has 0 aliphatic rings. The fraction of sp³-hybridized carbons (Fsp3) is 0.188. The van der Waals surface area contributed by atoms with E-state index in [-0.39, 0.29) is 5.82 Å². The van der Waals surface area contributed by atoms with Gasteiger partial charge in [0.1, 0.15) is 11.6 Å². The number of aryl methyl sites for hydroxylation is 2. The molecular weight excluding hydrogens is 355 g/mol. The van der Waals surface area contributed by atoms with Gasteiger partial charge in [0.2, 0.25) is 0 Å². The molecule has 0 amide bonds. The van der Waals surface area contributed by atoms with Crippen LogP contribution < -0.4 is 0 Å². The van der Waals surface area contributed by atoms with E-state index >= 15 is 0 Å². The number of imidazole rings is 1. The van der Waals surface area contributed by atoms with Gasteiger partial charge in [-0.05, 0) is 42.8 Å². The molecule has 0 bridgehead atoms. The Labute approximate surface area is 135 Å². The van der Waals surface area contributed by atoms with E-state index in [4.69, 9.17) is 11.6 Å². The van der Waals surface area contributed by atoms with Crippen LogP contribution in [0.1, 0.15) is 11.4 Å². The molecule has 0 atom stereocenters. The summed E-state index contributed by atoms with van der Waals surface area (Å²) in [5, 5.41) is 0. The number of alkyl halides is 1. The summed E-state index contributed by atoms with van der Waals surface area (Å²) in [6.07, 6.45) is 0.585. The summed E-state index contributed by atoms with van der Waals surface area (Å²) in [6.45, 7) is 2.01. The lowest BCUT2D eigenvalue weighted by Gasteiger charge is -2.10. The monoisotopic (exact) mass is 366 g/mol. The van der Waals surface area contributed by atoms with E-state index in [1.54, 1.807) is 12.1 Å². The summed E-state index contributed by atoms with van der Waals surface area (Å²) in [5.41, 5.74) is 3.35. The van der Waals surface area contributed by atoms with Gasteiger partial charge in [-0.2, -0.15) is 0 Å². The molecule has 108 valence electrons. The zero-order valence-electron chi connectivity index (χ0n) is 11.4. The predicted molar refractivity (Wildman–Crippen MR) is 87.9 cm³/mol. The first kappa shape index (κ1) is 14.5. The number of rotatable bonds is 3. The minimum Gasteiger partial charge on any atom is -0.293 e. The van der Waals surface area contributed by atoms with Crippen LogP contribution in [0.5, 0.6) is 0 Å². The van der Waals surface area contributed by atoms with Crippen LogP contribution in [-0.4, -0.2) is 15.4 Å². The van der Waals surface area contributed by atoms with Gasteiger partial charge in [0.15, 0.2) is 0 Å². The number of hydrogen-bond donors (Lipinski definition) is 0. The second-order valence-electron chi connectivity index (χ2n) is 4.89. The van der Waals surface area contributed by atoms with Crippen molar-refractivity contribution >= 4 is 38.6 Å². The highest BCUT2D eigenvalue weighted by Gasteiger charge is 2.15. The quantitative estimate of drug-likeness (QED) is 0.595. The van der Waals surface area contributed by atoms with E-state index in [1.165, 1.54) is 6.07 Å². The highest BCUT2D eigenvalue weighted by atomic mass is 79.9. The van der Waals surface area contributed by atoms with Crippen LogP contribution in [0.2, 0.25) is 0 Å². The molecule has 0 saturated heterocycles. The van der Waals surface area contributed by atoms with Crippen LogP contribution in [0.4, 0.5) is 4.39 Å². The number of benzene rings is 2. The first-order chi connectivity index (χ1) is 10.1. The molecule has 0 aliphatic carbocycles. The van der Waals surface area contributed by atoms with Crippen molar-refractivity contribution < 1.29 is 4.39 Å². The Bertz CT molecular complexity index is 813. The fourth-order valence-corrected chi connectivity index (χ4v) is 2.94. The molecule has 2 nitrogen and oxygen atoms in total. The predicted octanol–water partition coefficient (Wildman–Crippen LogP) is 5.02. The second-order valence-corrected chi connectivity index (χ2v) is 6.18. The molecule has 0 spiro atoms. The first-order valence-electron chi connectivity index (χ1n) is 6.59. The van der Waals surface area contributed by atoms with Gasteiger partial charge in [0.05, 0.1) is 16.7 Å². The van der Waals surface area contributed by atoms with E-state index in [0.717, 1.165) is 26.9 Å². The number of hydrogen-bond acceptors (Lipinski definition) is 1. The van der Waals surface area contributed by atoms with Gasteiger partial charge in [-0.1, -0.05) is 22.0 Å². The lowest BCUT2D eigenvalue weighted by molar-refractivity contribution is 0.616. The van der Waals surface area contributed by atoms with Gasteiger partial charge in [-0.25, -0.2) is 9.37 Å². The molecule has 1 heterocycles. The molecule has 21 heavy (non-hydrogen) atoms. The first-order valence-corrected chi connectivity index (χ1v) is 7.92. The van der Waals surface area contributed by atoms with Crippen LogP contribution in [-0.2, 0) is 6.42 Å². The molecule has 0 aliphatic heterocycles. The van der Waals surface area contributed by atoms with Crippen molar-refractivity contribution in [3.8, 4) is 5.69 Å². The molecule has 0 fully saturated rings. The highest BCUT2D eigenvalue weighted by molar-refractivity contribution is 9.10. The van der Waals surface area contributed by atoms with Gasteiger partial charge in [-0.3, -0.25) is 4.57 Å². The summed E-state index contributed by atoms with van der Waals surface area (Å²) >= 11 is 9.26. The SMILES string of the molecule is Cc1ccc2c(c1)nc(CCCl)n2-c1cc(Br)ccc1F. The molecule has 0 radical (unpaired) electrons. The normalized spacial score (nSPS) is 11.2. The zero-order chi connectivity index (χ0) is 15.0. The van der Waals surface area contributed by atoms with Crippen LogP contribution >= 0.6 is 27.5 Å². The van der Waals surface area contributed by atoms with Crippen LogP contribution in [0.25, 0.3) is 16.7 Å². The number of fused-ring (bicyclic) bond motifs is 1. The minimum atomic E-state index is -0.283. The lowest BCUT2D eigenvalue weighted by Crippen LogP contribution is -2.04. The maximum atomic E-state index is 14.3. The maximum absolute atomic E-state index is 14.3. The van der Waals surface area contributed by atoms with Gasteiger partial charge in [0, 0.05) is 16.8 Å². The van der Waals surface area contributed by atoms with E-state index in [0.29, 0.717) is 18.0 Å². The molecule has 0 N–H and O–H groups in total. The average Bonchev–Trinajstić information content (AvgIpc) is 2.79. The Balaban J connectivity index is 2.33. The topological polar surface area (TPSA) is 17.8 Å². The summed E-state index contributed by atoms with van der Waals surface area (Å²) in [6, 6.07) is 10.9. The van der Waals surface area contributed by atoms with Crippen molar-refractivity contribution in [2.45, 2.75) is 13.3 Å². The van der Waals surface area contributed by atoms with Crippen molar-refractivity contribution in [2.24, 2.45) is 0 Å². The Morgan fingerprint density at radius 1 is 1.24 bits per heavy atom. The lowest BCUT2D eigenvalue weighted by atomic mass is 10.2. The summed E-state index contributed by atoms with van der Waals surface area (Å²) in [5.74, 6) is 0.925. The van der Waals surface area contributed by atoms with Gasteiger partial charge in [-0.15, -0.1) is 11.6 Å². The van der Waals surface area contributed by atoms with Crippen LogP contribution in [0, 0.1) is 12.7 Å². The van der Waals surface area contributed by atoms with E-state index in [1.807, 2.05) is 29.7 Å². The summed E-state index contributed by atoms with van der Waals surface area (Å²) < 4.78 is 16.9. The molecule has 3 rings (SSSR count). The third-order valence-corrected chi connectivity index (χ3v) is 4.03. The minimum absolute atomic E-state index is 0.283. The van der Waals surface area contributed by atoms with Crippen LogP contribution in [0.15, 0.2) is 40.9 Å². The summed E-state index contributed by atoms with van der Waals surface area (Å²) in [7, 11) is 0. The Morgan fingerprint density at radius 2 is 2.05 bits per heavy atom. The number of aromatic nitrogens is 2. The third kappa shape index (κ3) is 2.70. The molecular formula is C16H13BrClFN2. The average molecular weight is 368 g/mol. The number of halogens is 3. The molecule has 1 aromatic heterocycles. The van der Waals surface area contributed by atoms with Crippen molar-refractivity contribution in [3.05, 3.63) is 58.1 Å². The van der Waals surface area contributed by atoms with E-state index < -0.39 is 0 Å². The van der Waals surface area contributed by atoms with Crippen molar-refractivity contribution in [1.82, 2.24) is 9.55 Å². The molecule has 5 heteroatoms. The van der Waals surface area contributed by atoms with Gasteiger partial charge < -0.3 is 0 Å². The van der Waals surface area contributed by atoms with Crippen molar-refractivity contribution in [1.29, 1.82) is 0 Å². The van der Waals surface area contributed by atoms with Crippen molar-refractivity contribution in [3.63, 3.8) is 0 Å². The van der Waals surface area contributed by atoms with E-state index in [9.17, 15) is 4.39 Å². The molecule has 0 saturated carbocycles. The standard InChI is InChI=1S/C16H13BrClFN2/c1-10-2-5-14-13(8-10)20-16(6-7-18)21(14)15-9-11(17)3-4-12(15)19/h2-5,8-9H,6-7H2,1H3. The highest BCUT2D eigenvalue weighted by Crippen LogP contribution is 2.27. The maximum Gasteiger partial charge on any atom is 0.147 e. The smallest absolute Gasteiger partial charge is 0.147 e. The van der Waals surface area contributed by atoms with Crippen molar-refractivity contribution in [2.75, 3.05) is 5.88 Å². The Morgan fingerprint density at radius 3 is 2.81 bits per heavy atom. The molecule has 0 unspecified atom stereocenters. The van der Waals surface area contributed by atoms with Crippen LogP contribution in [0.3, 0.4) is 0 Å². The summed E-state index contributed by atoms with van der Waals surface area (Å²) in [4.78, 5) is 4.61. The third-order valence-electron chi connectivity index (χ3n) is 3.35. The largest absolute Gasteiger partial charge is 0.293 e. The van der Waals surface area contributed by atoms with Gasteiger partial charge in [0.25, 0.3) is 0 Å². The Hall–Kier alpha value is -1.39. The molecule has 3 aromatic rings.